The minimum Gasteiger partial charge on any atom is -0.299 e. The molecule has 0 bridgehead atoms. The van der Waals surface area contributed by atoms with Gasteiger partial charge in [0.2, 0.25) is 0 Å². The number of Topliss-reactive ketones (excluding diaryl/α,β-unsaturated/α-hetero) is 1. The van der Waals surface area contributed by atoms with Crippen LogP contribution in [0.15, 0.2) is 18.2 Å². The first kappa shape index (κ1) is 7.28. The lowest BCUT2D eigenvalue weighted by Crippen LogP contribution is -1.93. The van der Waals surface area contributed by atoms with Gasteiger partial charge in [0.05, 0.1) is 0 Å². The first-order chi connectivity index (χ1) is 5.27. The van der Waals surface area contributed by atoms with Crippen molar-refractivity contribution in [2.45, 2.75) is 12.8 Å². The highest BCUT2D eigenvalue weighted by Crippen LogP contribution is 2.23. The van der Waals surface area contributed by atoms with E-state index in [1.807, 2.05) is 12.1 Å². The summed E-state index contributed by atoms with van der Waals surface area (Å²) in [4.78, 5) is 11.0. The summed E-state index contributed by atoms with van der Waals surface area (Å²) >= 11 is 2.28. The van der Waals surface area contributed by atoms with Crippen molar-refractivity contribution >= 4 is 28.4 Å². The lowest BCUT2D eigenvalue weighted by Gasteiger charge is -1.98. The van der Waals surface area contributed by atoms with Crippen molar-refractivity contribution in [3.05, 3.63) is 32.9 Å². The average Bonchev–Trinajstić information content (AvgIpc) is 2.31. The van der Waals surface area contributed by atoms with Gasteiger partial charge in [-0.2, -0.15) is 0 Å². The van der Waals surface area contributed by atoms with E-state index in [4.69, 9.17) is 0 Å². The number of carbonyl (C=O) groups excluding carboxylic acids is 1. The minimum atomic E-state index is 0.351. The molecule has 56 valence electrons. The van der Waals surface area contributed by atoms with Crippen LogP contribution >= 0.6 is 22.6 Å². The number of carbonyl (C=O) groups is 1. The molecule has 2 rings (SSSR count). The standard InChI is InChI=1S/C9H7IO/c10-9-3-1-2-6-4-7(11)5-8(6)9/h1-3H,4-5H2. The molecule has 0 spiro atoms. The van der Waals surface area contributed by atoms with Gasteiger partial charge in [-0.1, -0.05) is 12.1 Å². The molecule has 0 unspecified atom stereocenters. The molecule has 11 heavy (non-hydrogen) atoms. The van der Waals surface area contributed by atoms with Crippen molar-refractivity contribution in [3.63, 3.8) is 0 Å². The molecule has 0 fully saturated rings. The average molecular weight is 258 g/mol. The van der Waals surface area contributed by atoms with Crippen LogP contribution in [0.25, 0.3) is 0 Å². The molecule has 1 aliphatic carbocycles. The largest absolute Gasteiger partial charge is 0.299 e. The van der Waals surface area contributed by atoms with Crippen LogP contribution in [0, 0.1) is 3.57 Å². The normalized spacial score (nSPS) is 15.2. The van der Waals surface area contributed by atoms with Crippen LogP contribution in [0.4, 0.5) is 0 Å². The van der Waals surface area contributed by atoms with Crippen LogP contribution in [-0.4, -0.2) is 5.78 Å². The van der Waals surface area contributed by atoms with E-state index in [0.717, 1.165) is 0 Å². The highest BCUT2D eigenvalue weighted by atomic mass is 127. The van der Waals surface area contributed by atoms with E-state index < -0.39 is 0 Å². The summed E-state index contributed by atoms with van der Waals surface area (Å²) in [6, 6.07) is 6.11. The molecule has 0 aromatic heterocycles. The van der Waals surface area contributed by atoms with Gasteiger partial charge in [-0.15, -0.1) is 0 Å². The molecule has 0 atom stereocenters. The molecule has 0 aliphatic heterocycles. The second-order valence-electron chi connectivity index (χ2n) is 2.77. The molecule has 1 nitrogen and oxygen atoms in total. The Bertz CT molecular complexity index is 317. The van der Waals surface area contributed by atoms with Crippen LogP contribution in [0.5, 0.6) is 0 Å². The summed E-state index contributed by atoms with van der Waals surface area (Å²) in [5.74, 6) is 0.351. The number of rotatable bonds is 0. The second-order valence-corrected chi connectivity index (χ2v) is 3.93. The molecule has 0 amide bonds. The van der Waals surface area contributed by atoms with E-state index in [9.17, 15) is 4.79 Å². The number of benzene rings is 1. The predicted octanol–water partition coefficient (Wildman–Crippen LogP) is 1.96. The summed E-state index contributed by atoms with van der Waals surface area (Å²) in [6.45, 7) is 0. The van der Waals surface area contributed by atoms with Crippen molar-refractivity contribution in [1.29, 1.82) is 0 Å². The van der Waals surface area contributed by atoms with Gasteiger partial charge in [-0.05, 0) is 39.8 Å². The molecule has 0 radical (unpaired) electrons. The molecular formula is C9H7IO. The van der Waals surface area contributed by atoms with Gasteiger partial charge < -0.3 is 0 Å². The molecular weight excluding hydrogens is 251 g/mol. The summed E-state index contributed by atoms with van der Waals surface area (Å²) in [5, 5.41) is 0. The SMILES string of the molecule is O=C1Cc2cccc(I)c2C1. The maximum atomic E-state index is 11.0. The third kappa shape index (κ3) is 1.20. The van der Waals surface area contributed by atoms with Gasteiger partial charge in [-0.25, -0.2) is 0 Å². The first-order valence-electron chi connectivity index (χ1n) is 3.55. The Hall–Kier alpha value is -0.380. The first-order valence-corrected chi connectivity index (χ1v) is 4.63. The van der Waals surface area contributed by atoms with Crippen molar-refractivity contribution in [1.82, 2.24) is 0 Å². The van der Waals surface area contributed by atoms with E-state index in [-0.39, 0.29) is 0 Å². The van der Waals surface area contributed by atoms with Gasteiger partial charge in [0.15, 0.2) is 0 Å². The van der Waals surface area contributed by atoms with E-state index in [2.05, 4.69) is 28.7 Å². The smallest absolute Gasteiger partial charge is 0.141 e. The Morgan fingerprint density at radius 1 is 1.27 bits per heavy atom. The maximum absolute atomic E-state index is 11.0. The zero-order valence-electron chi connectivity index (χ0n) is 5.93. The minimum absolute atomic E-state index is 0.351. The van der Waals surface area contributed by atoms with Crippen molar-refractivity contribution in [3.8, 4) is 0 Å². The van der Waals surface area contributed by atoms with Crippen molar-refractivity contribution in [2.75, 3.05) is 0 Å². The van der Waals surface area contributed by atoms with E-state index in [1.54, 1.807) is 0 Å². The Morgan fingerprint density at radius 2 is 2.09 bits per heavy atom. The van der Waals surface area contributed by atoms with Gasteiger partial charge >= 0.3 is 0 Å². The lowest BCUT2D eigenvalue weighted by molar-refractivity contribution is -0.117. The molecule has 0 heterocycles. The van der Waals surface area contributed by atoms with E-state index in [1.165, 1.54) is 14.7 Å². The van der Waals surface area contributed by atoms with Gasteiger partial charge in [-0.3, -0.25) is 4.79 Å². The van der Waals surface area contributed by atoms with Crippen LogP contribution in [-0.2, 0) is 17.6 Å². The van der Waals surface area contributed by atoms with Crippen molar-refractivity contribution < 1.29 is 4.79 Å². The highest BCUT2D eigenvalue weighted by molar-refractivity contribution is 14.1. The molecule has 0 saturated heterocycles. The third-order valence-corrected chi connectivity index (χ3v) is 2.99. The maximum Gasteiger partial charge on any atom is 0.141 e. The summed E-state index contributed by atoms with van der Waals surface area (Å²) in [6.07, 6.45) is 1.29. The number of ketones is 1. The Morgan fingerprint density at radius 3 is 2.82 bits per heavy atom. The highest BCUT2D eigenvalue weighted by Gasteiger charge is 2.19. The fourth-order valence-corrected chi connectivity index (χ4v) is 2.18. The topological polar surface area (TPSA) is 17.1 Å². The van der Waals surface area contributed by atoms with Gasteiger partial charge in [0, 0.05) is 16.4 Å². The Kier molecular flexibility index (Phi) is 1.71. The summed E-state index contributed by atoms with van der Waals surface area (Å²) in [5.41, 5.74) is 2.47. The monoisotopic (exact) mass is 258 g/mol. The van der Waals surface area contributed by atoms with Crippen LogP contribution in [0.2, 0.25) is 0 Å². The lowest BCUT2D eigenvalue weighted by atomic mass is 10.1. The number of fused-ring (bicyclic) bond motifs is 1. The zero-order valence-corrected chi connectivity index (χ0v) is 8.09. The van der Waals surface area contributed by atoms with Crippen LogP contribution in [0.3, 0.4) is 0 Å². The molecule has 1 aromatic carbocycles. The van der Waals surface area contributed by atoms with Gasteiger partial charge in [0.25, 0.3) is 0 Å². The number of hydrogen-bond acceptors (Lipinski definition) is 1. The quantitative estimate of drug-likeness (QED) is 0.650. The second kappa shape index (κ2) is 2.59. The Labute approximate surface area is 78.9 Å². The molecule has 1 aliphatic rings. The predicted molar refractivity (Wildman–Crippen MR) is 51.6 cm³/mol. The fraction of sp³-hybridized carbons (Fsp3) is 0.222. The molecule has 0 N–H and O–H groups in total. The molecule has 0 saturated carbocycles. The summed E-state index contributed by atoms with van der Waals surface area (Å²) in [7, 11) is 0. The van der Waals surface area contributed by atoms with Crippen LogP contribution < -0.4 is 0 Å². The van der Waals surface area contributed by atoms with E-state index in [0.29, 0.717) is 18.6 Å². The zero-order chi connectivity index (χ0) is 7.84. The molecule has 2 heteroatoms. The van der Waals surface area contributed by atoms with Gasteiger partial charge in [0.1, 0.15) is 5.78 Å². The summed E-state index contributed by atoms with van der Waals surface area (Å²) < 4.78 is 1.23. The third-order valence-electron chi connectivity index (χ3n) is 1.98. The van der Waals surface area contributed by atoms with Crippen molar-refractivity contribution in [2.24, 2.45) is 0 Å². The molecule has 1 aromatic rings. The Balaban J connectivity index is 2.57. The number of halogens is 1. The fourth-order valence-electron chi connectivity index (χ4n) is 1.44. The van der Waals surface area contributed by atoms with Crippen LogP contribution in [0.1, 0.15) is 11.1 Å². The van der Waals surface area contributed by atoms with E-state index >= 15 is 0 Å². The number of hydrogen-bond donors (Lipinski definition) is 0.